The van der Waals surface area contributed by atoms with Crippen molar-refractivity contribution in [3.8, 4) is 11.5 Å². The van der Waals surface area contributed by atoms with Gasteiger partial charge in [-0.25, -0.2) is 0 Å². The summed E-state index contributed by atoms with van der Waals surface area (Å²) < 4.78 is 10.6. The Bertz CT molecular complexity index is 449. The predicted molar refractivity (Wildman–Crippen MR) is 73.8 cm³/mol. The molecular formula is C14H21NO5. The molecule has 0 spiro atoms. The van der Waals surface area contributed by atoms with Gasteiger partial charge in [-0.3, -0.25) is 4.79 Å². The van der Waals surface area contributed by atoms with Crippen LogP contribution in [0.1, 0.15) is 25.5 Å². The number of benzene rings is 1. The van der Waals surface area contributed by atoms with Gasteiger partial charge in [-0.15, -0.1) is 0 Å². The summed E-state index contributed by atoms with van der Waals surface area (Å²) in [6, 6.07) is 4.92. The van der Waals surface area contributed by atoms with Crippen LogP contribution in [0.25, 0.3) is 0 Å². The average Bonchev–Trinajstić information content (AvgIpc) is 2.44. The predicted octanol–water partition coefficient (Wildman–Crippen LogP) is 0.624. The number of rotatable bonds is 7. The van der Waals surface area contributed by atoms with Crippen LogP contribution in [0.15, 0.2) is 18.2 Å². The van der Waals surface area contributed by atoms with Crippen molar-refractivity contribution in [3.63, 3.8) is 0 Å². The van der Waals surface area contributed by atoms with Gasteiger partial charge >= 0.3 is 0 Å². The summed E-state index contributed by atoms with van der Waals surface area (Å²) in [6.07, 6.45) is -2.21. The van der Waals surface area contributed by atoms with E-state index < -0.39 is 12.2 Å². The lowest BCUT2D eigenvalue weighted by Gasteiger charge is -2.19. The van der Waals surface area contributed by atoms with E-state index in [4.69, 9.17) is 9.47 Å². The molecule has 0 aliphatic rings. The van der Waals surface area contributed by atoms with Crippen molar-refractivity contribution < 1.29 is 24.5 Å². The summed E-state index contributed by atoms with van der Waals surface area (Å²) in [5.41, 5.74) is 0.493. The highest BCUT2D eigenvalue weighted by molar-refractivity contribution is 5.72. The second-order valence-electron chi connectivity index (χ2n) is 4.29. The first kappa shape index (κ1) is 16.3. The number of carbonyl (C=O) groups is 1. The number of hydrogen-bond donors (Lipinski definition) is 3. The minimum atomic E-state index is -1.12. The molecule has 0 heterocycles. The van der Waals surface area contributed by atoms with Crippen LogP contribution in [-0.2, 0) is 4.79 Å². The molecule has 1 rings (SSSR count). The zero-order valence-electron chi connectivity index (χ0n) is 11.9. The number of methoxy groups -OCH3 is 1. The van der Waals surface area contributed by atoms with E-state index in [1.807, 2.05) is 6.92 Å². The largest absolute Gasteiger partial charge is 0.493 e. The Labute approximate surface area is 118 Å². The van der Waals surface area contributed by atoms with Gasteiger partial charge in [0.05, 0.1) is 13.7 Å². The summed E-state index contributed by atoms with van der Waals surface area (Å²) in [7, 11) is 1.53. The Morgan fingerprint density at radius 3 is 2.60 bits per heavy atom. The van der Waals surface area contributed by atoms with Gasteiger partial charge in [0.25, 0.3) is 0 Å². The topological polar surface area (TPSA) is 88.0 Å². The van der Waals surface area contributed by atoms with E-state index in [2.05, 4.69) is 5.32 Å². The van der Waals surface area contributed by atoms with Crippen LogP contribution in [0.4, 0.5) is 0 Å². The molecule has 2 atom stereocenters. The van der Waals surface area contributed by atoms with E-state index in [0.717, 1.165) is 0 Å². The maximum Gasteiger partial charge on any atom is 0.216 e. The molecule has 0 aliphatic carbocycles. The first-order chi connectivity index (χ1) is 9.49. The van der Waals surface area contributed by atoms with E-state index >= 15 is 0 Å². The van der Waals surface area contributed by atoms with Crippen LogP contribution in [-0.4, -0.2) is 42.5 Å². The highest BCUT2D eigenvalue weighted by Gasteiger charge is 2.20. The third-order valence-electron chi connectivity index (χ3n) is 2.75. The van der Waals surface area contributed by atoms with Crippen LogP contribution >= 0.6 is 0 Å². The van der Waals surface area contributed by atoms with E-state index in [0.29, 0.717) is 23.7 Å². The van der Waals surface area contributed by atoms with Crippen LogP contribution in [0, 0.1) is 0 Å². The zero-order valence-corrected chi connectivity index (χ0v) is 11.9. The number of nitrogens with one attached hydrogen (secondary N) is 1. The molecule has 0 saturated heterocycles. The number of aliphatic hydroxyl groups excluding tert-OH is 2. The highest BCUT2D eigenvalue weighted by atomic mass is 16.5. The Morgan fingerprint density at radius 2 is 2.05 bits per heavy atom. The van der Waals surface area contributed by atoms with Crippen molar-refractivity contribution in [1.82, 2.24) is 5.32 Å². The molecule has 0 aromatic heterocycles. The first-order valence-corrected chi connectivity index (χ1v) is 6.40. The summed E-state index contributed by atoms with van der Waals surface area (Å²) >= 11 is 0. The van der Waals surface area contributed by atoms with Gasteiger partial charge in [0.2, 0.25) is 5.91 Å². The summed E-state index contributed by atoms with van der Waals surface area (Å²) in [4.78, 5) is 10.8. The standard InChI is InChI=1S/C14H21NO5/c1-4-20-13-7-10(5-6-12(13)19-3)14(18)11(17)8-15-9(2)16/h5-7,11,14,17-18H,4,8H2,1-3H3,(H,15,16). The first-order valence-electron chi connectivity index (χ1n) is 6.40. The Balaban J connectivity index is 2.84. The minimum Gasteiger partial charge on any atom is -0.493 e. The quantitative estimate of drug-likeness (QED) is 0.683. The Hall–Kier alpha value is -1.79. The fraction of sp³-hybridized carbons (Fsp3) is 0.500. The number of amides is 1. The maximum atomic E-state index is 10.8. The van der Waals surface area contributed by atoms with Crippen LogP contribution in [0.5, 0.6) is 11.5 Å². The summed E-state index contributed by atoms with van der Waals surface area (Å²) in [6.45, 7) is 3.63. The summed E-state index contributed by atoms with van der Waals surface area (Å²) in [5, 5.41) is 22.3. The normalized spacial score (nSPS) is 13.4. The van der Waals surface area contributed by atoms with Gasteiger partial charge < -0.3 is 25.0 Å². The molecule has 0 radical (unpaired) electrons. The third kappa shape index (κ3) is 4.40. The van der Waals surface area contributed by atoms with Gasteiger partial charge in [0, 0.05) is 13.5 Å². The number of carbonyl (C=O) groups excluding carboxylic acids is 1. The molecular weight excluding hydrogens is 262 g/mol. The second-order valence-corrected chi connectivity index (χ2v) is 4.29. The molecule has 6 heteroatoms. The van der Waals surface area contributed by atoms with E-state index in [9.17, 15) is 15.0 Å². The van der Waals surface area contributed by atoms with Gasteiger partial charge in [-0.1, -0.05) is 6.07 Å². The Kier molecular flexibility index (Phi) is 6.27. The molecule has 112 valence electrons. The monoisotopic (exact) mass is 283 g/mol. The second kappa shape index (κ2) is 7.72. The molecule has 0 bridgehead atoms. The zero-order chi connectivity index (χ0) is 15.1. The fourth-order valence-corrected chi connectivity index (χ4v) is 1.73. The van der Waals surface area contributed by atoms with Crippen LogP contribution in [0.3, 0.4) is 0 Å². The number of ether oxygens (including phenoxy) is 2. The van der Waals surface area contributed by atoms with Gasteiger partial charge in [-0.2, -0.15) is 0 Å². The van der Waals surface area contributed by atoms with Crippen molar-refractivity contribution in [3.05, 3.63) is 23.8 Å². The van der Waals surface area contributed by atoms with Crippen molar-refractivity contribution >= 4 is 5.91 Å². The maximum absolute atomic E-state index is 10.8. The number of hydrogen-bond acceptors (Lipinski definition) is 5. The minimum absolute atomic E-state index is 0.0213. The Morgan fingerprint density at radius 1 is 1.35 bits per heavy atom. The molecule has 0 fully saturated rings. The molecule has 0 saturated carbocycles. The molecule has 1 aromatic carbocycles. The van der Waals surface area contributed by atoms with Crippen LogP contribution < -0.4 is 14.8 Å². The molecule has 6 nitrogen and oxygen atoms in total. The van der Waals surface area contributed by atoms with Crippen LogP contribution in [0.2, 0.25) is 0 Å². The lowest BCUT2D eigenvalue weighted by molar-refractivity contribution is -0.119. The fourth-order valence-electron chi connectivity index (χ4n) is 1.73. The molecule has 0 aliphatic heterocycles. The lowest BCUT2D eigenvalue weighted by Crippen LogP contribution is -2.34. The number of aliphatic hydroxyl groups is 2. The van der Waals surface area contributed by atoms with Gasteiger partial charge in [0.1, 0.15) is 12.2 Å². The molecule has 1 amide bonds. The SMILES string of the molecule is CCOc1cc(C(O)C(O)CNC(C)=O)ccc1OC. The molecule has 3 N–H and O–H groups in total. The highest BCUT2D eigenvalue weighted by Crippen LogP contribution is 2.31. The lowest BCUT2D eigenvalue weighted by atomic mass is 10.0. The van der Waals surface area contributed by atoms with E-state index in [1.165, 1.54) is 14.0 Å². The van der Waals surface area contributed by atoms with E-state index in [-0.39, 0.29) is 12.5 Å². The average molecular weight is 283 g/mol. The van der Waals surface area contributed by atoms with Gasteiger partial charge in [0.15, 0.2) is 11.5 Å². The molecule has 20 heavy (non-hydrogen) atoms. The molecule has 2 unspecified atom stereocenters. The van der Waals surface area contributed by atoms with Gasteiger partial charge in [-0.05, 0) is 24.6 Å². The molecule has 1 aromatic rings. The van der Waals surface area contributed by atoms with Crippen molar-refractivity contribution in [2.45, 2.75) is 26.1 Å². The smallest absolute Gasteiger partial charge is 0.216 e. The van der Waals surface area contributed by atoms with Crippen molar-refractivity contribution in [1.29, 1.82) is 0 Å². The van der Waals surface area contributed by atoms with Crippen molar-refractivity contribution in [2.24, 2.45) is 0 Å². The van der Waals surface area contributed by atoms with E-state index in [1.54, 1.807) is 18.2 Å². The summed E-state index contributed by atoms with van der Waals surface area (Å²) in [5.74, 6) is 0.790. The third-order valence-corrected chi connectivity index (χ3v) is 2.75. The van der Waals surface area contributed by atoms with Crippen molar-refractivity contribution in [2.75, 3.05) is 20.3 Å².